The third-order valence-electron chi connectivity index (χ3n) is 10.9. The minimum atomic E-state index is -0.623. The highest BCUT2D eigenvalue weighted by Crippen LogP contribution is 2.49. The molecule has 4 aliphatic heterocycles. The van der Waals surface area contributed by atoms with Gasteiger partial charge in [-0.2, -0.15) is 15.2 Å². The van der Waals surface area contributed by atoms with Crippen LogP contribution in [0.5, 0.6) is 6.01 Å². The molecule has 48 heavy (non-hydrogen) atoms. The van der Waals surface area contributed by atoms with E-state index in [1.54, 1.807) is 0 Å². The van der Waals surface area contributed by atoms with Crippen molar-refractivity contribution in [2.75, 3.05) is 56.6 Å². The summed E-state index contributed by atoms with van der Waals surface area (Å²) in [4.78, 5) is 19.0. The van der Waals surface area contributed by atoms with Crippen molar-refractivity contribution < 1.29 is 23.0 Å². The van der Waals surface area contributed by atoms with Crippen molar-refractivity contribution in [3.8, 4) is 23.3 Å². The maximum Gasteiger partial charge on any atom is 0.319 e. The molecule has 1 aromatic carbocycles. The highest BCUT2D eigenvalue weighted by Gasteiger charge is 2.46. The predicted octanol–water partition coefficient (Wildman–Crippen LogP) is 4.49. The summed E-state index contributed by atoms with van der Waals surface area (Å²) < 4.78 is 50.6. The number of aromatic nitrogens is 3. The molecule has 0 amide bonds. The molecule has 7 heterocycles. The van der Waals surface area contributed by atoms with E-state index in [0.717, 1.165) is 88.2 Å². The van der Waals surface area contributed by atoms with Crippen LogP contribution in [0.15, 0.2) is 6.20 Å². The van der Waals surface area contributed by atoms with Crippen LogP contribution in [0.3, 0.4) is 0 Å². The van der Waals surface area contributed by atoms with Crippen molar-refractivity contribution in [2.45, 2.75) is 63.9 Å². The zero-order chi connectivity index (χ0) is 32.7. The third kappa shape index (κ3) is 4.74. The lowest BCUT2D eigenvalue weighted by molar-refractivity contribution is -0.0134. The summed E-state index contributed by atoms with van der Waals surface area (Å²) >= 11 is 0.958. The smallest absolute Gasteiger partial charge is 0.319 e. The lowest BCUT2D eigenvalue weighted by Crippen LogP contribution is -2.52. The number of hydrogen-bond acceptors (Lipinski definition) is 12. The van der Waals surface area contributed by atoms with Gasteiger partial charge in [0.05, 0.1) is 60.6 Å². The van der Waals surface area contributed by atoms with Gasteiger partial charge < -0.3 is 30.2 Å². The van der Waals surface area contributed by atoms with E-state index >= 15 is 4.39 Å². The van der Waals surface area contributed by atoms with Crippen LogP contribution in [0, 0.1) is 28.4 Å². The molecule has 4 aromatic rings. The Balaban J connectivity index is 1.20. The molecule has 250 valence electrons. The number of thiophene rings is 1. The Morgan fingerprint density at radius 1 is 1.15 bits per heavy atom. The third-order valence-corrected chi connectivity index (χ3v) is 12.0. The van der Waals surface area contributed by atoms with Gasteiger partial charge in [-0.1, -0.05) is 0 Å². The number of pyridine rings is 1. The van der Waals surface area contributed by atoms with Crippen LogP contribution in [0.25, 0.3) is 32.2 Å². The molecule has 4 fully saturated rings. The number of nitrogens with one attached hydrogen (secondary N) is 1. The highest BCUT2D eigenvalue weighted by molar-refractivity contribution is 7.23. The second-order valence-electron chi connectivity index (χ2n) is 13.9. The number of fused-ring (bicyclic) bond motifs is 6. The summed E-state index contributed by atoms with van der Waals surface area (Å²) in [5.41, 5.74) is 8.00. The van der Waals surface area contributed by atoms with Gasteiger partial charge in [-0.05, 0) is 43.7 Å². The maximum atomic E-state index is 17.4. The van der Waals surface area contributed by atoms with Crippen molar-refractivity contribution >= 4 is 43.1 Å². The first-order valence-corrected chi connectivity index (χ1v) is 17.5. The second-order valence-corrected chi connectivity index (χ2v) is 15.0. The summed E-state index contributed by atoms with van der Waals surface area (Å²) in [5.74, 6) is -0.573. The molecule has 2 unspecified atom stereocenters. The number of anilines is 2. The zero-order valence-corrected chi connectivity index (χ0v) is 27.5. The molecular formula is C34H36F2N8O3S. The van der Waals surface area contributed by atoms with Gasteiger partial charge in [0.2, 0.25) is 0 Å². The summed E-state index contributed by atoms with van der Waals surface area (Å²) in [7, 11) is 0. The molecule has 3 N–H and O–H groups in total. The average Bonchev–Trinajstić information content (AvgIpc) is 3.38. The van der Waals surface area contributed by atoms with Gasteiger partial charge in [0.25, 0.3) is 0 Å². The number of nitriles is 1. The summed E-state index contributed by atoms with van der Waals surface area (Å²) in [6.45, 7) is 7.85. The fourth-order valence-electron chi connectivity index (χ4n) is 8.17. The summed E-state index contributed by atoms with van der Waals surface area (Å²) in [6, 6.07) is 2.97. The molecule has 0 spiro atoms. The van der Waals surface area contributed by atoms with Gasteiger partial charge in [0.15, 0.2) is 11.6 Å². The van der Waals surface area contributed by atoms with E-state index in [9.17, 15) is 9.65 Å². The minimum absolute atomic E-state index is 0.0101. The molecular weight excluding hydrogens is 638 g/mol. The van der Waals surface area contributed by atoms with E-state index in [2.05, 4.69) is 33.1 Å². The Hall–Kier alpha value is -3.74. The number of benzene rings is 1. The van der Waals surface area contributed by atoms with E-state index in [1.165, 1.54) is 0 Å². The van der Waals surface area contributed by atoms with E-state index in [1.807, 2.05) is 0 Å². The summed E-state index contributed by atoms with van der Waals surface area (Å²) in [6.07, 6.45) is 5.16. The number of morpholine rings is 1. The first kappa shape index (κ1) is 30.3. The Labute approximate surface area is 280 Å². The summed E-state index contributed by atoms with van der Waals surface area (Å²) in [5, 5.41) is 14.5. The monoisotopic (exact) mass is 674 g/mol. The zero-order valence-electron chi connectivity index (χ0n) is 26.7. The quantitative estimate of drug-likeness (QED) is 0.287. The molecule has 3 aromatic heterocycles. The topological polar surface area (TPSA) is 135 Å². The predicted molar refractivity (Wildman–Crippen MR) is 177 cm³/mol. The maximum absolute atomic E-state index is 17.4. The number of ether oxygens (including phenoxy) is 3. The van der Waals surface area contributed by atoms with Crippen molar-refractivity contribution in [3.05, 3.63) is 34.5 Å². The lowest BCUT2D eigenvalue weighted by atomic mass is 9.93. The van der Waals surface area contributed by atoms with Crippen molar-refractivity contribution in [1.82, 2.24) is 25.2 Å². The van der Waals surface area contributed by atoms with Crippen molar-refractivity contribution in [2.24, 2.45) is 5.41 Å². The highest BCUT2D eigenvalue weighted by atomic mass is 32.1. The first-order valence-electron chi connectivity index (χ1n) is 16.7. The largest absolute Gasteiger partial charge is 0.463 e. The Morgan fingerprint density at radius 2 is 1.94 bits per heavy atom. The van der Waals surface area contributed by atoms with Crippen molar-refractivity contribution in [3.63, 3.8) is 0 Å². The number of nitrogens with two attached hydrogens (primary N) is 1. The lowest BCUT2D eigenvalue weighted by Gasteiger charge is -2.37. The van der Waals surface area contributed by atoms with Gasteiger partial charge in [0, 0.05) is 60.7 Å². The molecule has 3 saturated heterocycles. The Kier molecular flexibility index (Phi) is 7.21. The number of piperazine rings is 1. The van der Waals surface area contributed by atoms with Crippen LogP contribution in [0.2, 0.25) is 0 Å². The fraction of sp³-hybridized carbons (Fsp3) is 0.529. The van der Waals surface area contributed by atoms with Crippen LogP contribution in [0.1, 0.15) is 49.3 Å². The minimum Gasteiger partial charge on any atom is -0.463 e. The fourth-order valence-corrected chi connectivity index (χ4v) is 9.09. The number of nitrogen functional groups attached to an aromatic ring is 1. The molecule has 2 bridgehead atoms. The van der Waals surface area contributed by atoms with Crippen LogP contribution in [-0.4, -0.2) is 84.0 Å². The van der Waals surface area contributed by atoms with E-state index < -0.39 is 11.6 Å². The van der Waals surface area contributed by atoms with Crippen molar-refractivity contribution in [1.29, 1.82) is 5.26 Å². The number of halogens is 2. The van der Waals surface area contributed by atoms with Crippen LogP contribution < -0.4 is 20.7 Å². The van der Waals surface area contributed by atoms with Crippen LogP contribution >= 0.6 is 11.3 Å². The standard InChI is InChI=1S/C34H36F2N8O3S/c1-17-12-45-7-6-43(17)15-34(4-5-34)16-47-33-41-29-26(32(42-33)44-18-2-3-19(44)10-39-9-18)22-14-46-13-21(22)24(27(29)36)28-25-20(8-37)31(38)48-30(25)23(35)11-40-28/h11,17-19,39H,2-7,9-10,12-16,38H2,1H3/t17-,18?,19?/m1/s1. The van der Waals surface area contributed by atoms with Gasteiger partial charge in [0.1, 0.15) is 22.4 Å². The number of rotatable bonds is 7. The molecule has 14 heteroatoms. The van der Waals surface area contributed by atoms with E-state index in [-0.39, 0.29) is 74.1 Å². The molecule has 5 aliphatic rings. The van der Waals surface area contributed by atoms with Gasteiger partial charge in [-0.25, -0.2) is 8.78 Å². The van der Waals surface area contributed by atoms with Gasteiger partial charge in [-0.3, -0.25) is 9.88 Å². The second kappa shape index (κ2) is 11.4. The molecule has 0 radical (unpaired) electrons. The average molecular weight is 675 g/mol. The van der Waals surface area contributed by atoms with Gasteiger partial charge in [-0.15, -0.1) is 11.3 Å². The van der Waals surface area contributed by atoms with Crippen LogP contribution in [0.4, 0.5) is 19.6 Å². The van der Waals surface area contributed by atoms with Gasteiger partial charge >= 0.3 is 6.01 Å². The molecule has 1 aliphatic carbocycles. The SMILES string of the molecule is C[C@@H]1COCCN1CC1(COc2nc(N3C4CCC3CNC4)c3c4c(c(-c5ncc(F)c6sc(N)c(C#N)c56)c(F)c3n2)COC4)CC1. The molecule has 1 saturated carbocycles. The molecule has 11 nitrogen and oxygen atoms in total. The Bertz CT molecular complexity index is 2000. The number of nitrogens with zero attached hydrogens (tertiary/aromatic N) is 6. The molecule has 9 rings (SSSR count). The van der Waals surface area contributed by atoms with Crippen LogP contribution in [-0.2, 0) is 22.7 Å². The Morgan fingerprint density at radius 3 is 2.69 bits per heavy atom. The van der Waals surface area contributed by atoms with E-state index in [0.29, 0.717) is 29.4 Å². The first-order chi connectivity index (χ1) is 23.4. The van der Waals surface area contributed by atoms with E-state index in [4.69, 9.17) is 29.9 Å². The molecule has 3 atom stereocenters. The normalized spacial score (nSPS) is 24.7. The number of hydrogen-bond donors (Lipinski definition) is 2.